The minimum absolute atomic E-state index is 0.0878. The Labute approximate surface area is 132 Å². The van der Waals surface area contributed by atoms with E-state index in [-0.39, 0.29) is 17.0 Å². The normalized spacial score (nSPS) is 11.5. The molecule has 1 heterocycles. The van der Waals surface area contributed by atoms with Crippen molar-refractivity contribution in [3.05, 3.63) is 28.3 Å². The molecule has 0 atom stereocenters. The number of ether oxygens (including phenoxy) is 1. The molecule has 2 N–H and O–H groups in total. The Hall–Kier alpha value is -2.27. The molecule has 0 spiro atoms. The first kappa shape index (κ1) is 17.8. The molecule has 8 heteroatoms. The second kappa shape index (κ2) is 8.24. The van der Waals surface area contributed by atoms with Gasteiger partial charge in [-0.15, -0.1) is 11.8 Å². The number of Topliss-reactive ketones (excluding diaryl/α,β-unsaturated/α-hetero) is 1. The van der Waals surface area contributed by atoms with Crippen LogP contribution in [0.2, 0.25) is 0 Å². The van der Waals surface area contributed by atoms with E-state index in [0.717, 1.165) is 17.0 Å². The van der Waals surface area contributed by atoms with Crippen LogP contribution in [0.5, 0.6) is 0 Å². The number of carbonyl (C=O) groups excluding carboxylic acids is 2. The third kappa shape index (κ3) is 4.93. The summed E-state index contributed by atoms with van der Waals surface area (Å²) >= 11 is 1.33. The average Bonchev–Trinajstić information content (AvgIpc) is 2.77. The molecular formula is C14H17N3O4S. The van der Waals surface area contributed by atoms with Gasteiger partial charge in [0.15, 0.2) is 6.61 Å². The number of hydrogen-bond acceptors (Lipinski definition) is 8. The third-order valence-electron chi connectivity index (χ3n) is 2.80. The highest BCUT2D eigenvalue weighted by Crippen LogP contribution is 2.19. The van der Waals surface area contributed by atoms with Crippen LogP contribution in [0, 0.1) is 25.2 Å². The van der Waals surface area contributed by atoms with Gasteiger partial charge >= 0.3 is 5.97 Å². The number of ketones is 1. The summed E-state index contributed by atoms with van der Waals surface area (Å²) in [5, 5.41) is 12.6. The molecular weight excluding hydrogens is 306 g/mol. The van der Waals surface area contributed by atoms with Crippen molar-refractivity contribution >= 4 is 23.5 Å². The van der Waals surface area contributed by atoms with E-state index < -0.39 is 18.4 Å². The minimum atomic E-state index is -0.605. The summed E-state index contributed by atoms with van der Waals surface area (Å²) in [6, 6.07) is 1.69. The molecule has 118 valence electrons. The number of nitriles is 1. The first-order valence-electron chi connectivity index (χ1n) is 6.41. The van der Waals surface area contributed by atoms with Gasteiger partial charge in [0.05, 0.1) is 11.4 Å². The maximum absolute atomic E-state index is 11.6. The quantitative estimate of drug-likeness (QED) is 0.454. The zero-order valence-corrected chi connectivity index (χ0v) is 13.5. The van der Waals surface area contributed by atoms with Crippen molar-refractivity contribution in [3.63, 3.8) is 0 Å². The number of aromatic nitrogens is 1. The van der Waals surface area contributed by atoms with Gasteiger partial charge in [0.2, 0.25) is 5.78 Å². The van der Waals surface area contributed by atoms with Crippen LogP contribution in [0.15, 0.2) is 15.8 Å². The molecule has 1 aromatic rings. The van der Waals surface area contributed by atoms with Crippen molar-refractivity contribution in [1.29, 1.82) is 5.26 Å². The van der Waals surface area contributed by atoms with E-state index in [9.17, 15) is 9.59 Å². The van der Waals surface area contributed by atoms with Crippen LogP contribution in [-0.2, 0) is 20.1 Å². The summed E-state index contributed by atoms with van der Waals surface area (Å²) < 4.78 is 9.85. The molecule has 0 saturated heterocycles. The van der Waals surface area contributed by atoms with E-state index in [0.29, 0.717) is 5.75 Å². The fraction of sp³-hybridized carbons (Fsp3) is 0.429. The van der Waals surface area contributed by atoms with Crippen molar-refractivity contribution < 1.29 is 18.8 Å². The Morgan fingerprint density at radius 2 is 2.14 bits per heavy atom. The van der Waals surface area contributed by atoms with Gasteiger partial charge in [0, 0.05) is 17.0 Å². The van der Waals surface area contributed by atoms with Crippen LogP contribution in [0.25, 0.3) is 0 Å². The Balaban J connectivity index is 2.38. The number of esters is 1. The van der Waals surface area contributed by atoms with Crippen molar-refractivity contribution in [2.45, 2.75) is 26.5 Å². The lowest BCUT2D eigenvalue weighted by Crippen LogP contribution is -2.18. The predicted octanol–water partition coefficient (Wildman–Crippen LogP) is 1.39. The van der Waals surface area contributed by atoms with Crippen LogP contribution < -0.4 is 5.73 Å². The van der Waals surface area contributed by atoms with Gasteiger partial charge in [-0.2, -0.15) is 5.26 Å². The SMILES string of the molecule is C/C(N)=C(\C#N)C(=O)COC(=O)CSCc1c(C)noc1C. The van der Waals surface area contributed by atoms with Gasteiger partial charge < -0.3 is 15.0 Å². The van der Waals surface area contributed by atoms with E-state index in [4.69, 9.17) is 20.3 Å². The van der Waals surface area contributed by atoms with Gasteiger partial charge in [0.1, 0.15) is 17.4 Å². The Morgan fingerprint density at radius 1 is 1.45 bits per heavy atom. The lowest BCUT2D eigenvalue weighted by molar-refractivity contribution is -0.144. The fourth-order valence-electron chi connectivity index (χ4n) is 1.57. The molecule has 0 saturated carbocycles. The van der Waals surface area contributed by atoms with Crippen LogP contribution in [0.1, 0.15) is 23.9 Å². The summed E-state index contributed by atoms with van der Waals surface area (Å²) in [4.78, 5) is 23.2. The Morgan fingerprint density at radius 3 is 2.64 bits per heavy atom. The van der Waals surface area contributed by atoms with Gasteiger partial charge in [-0.25, -0.2) is 0 Å². The molecule has 1 rings (SSSR count). The second-order valence-corrected chi connectivity index (χ2v) is 5.53. The summed E-state index contributed by atoms with van der Waals surface area (Å²) in [6.07, 6.45) is 0. The number of nitrogens with zero attached hydrogens (tertiary/aromatic N) is 2. The number of rotatable bonds is 7. The molecule has 0 aromatic carbocycles. The van der Waals surface area contributed by atoms with Crippen LogP contribution >= 0.6 is 11.8 Å². The number of nitrogens with two attached hydrogens (primary N) is 1. The molecule has 0 bridgehead atoms. The third-order valence-corrected chi connectivity index (χ3v) is 3.73. The maximum Gasteiger partial charge on any atom is 0.316 e. The van der Waals surface area contributed by atoms with Crippen LogP contribution in [-0.4, -0.2) is 29.3 Å². The number of thioether (sulfide) groups is 1. The molecule has 7 nitrogen and oxygen atoms in total. The minimum Gasteiger partial charge on any atom is -0.457 e. The summed E-state index contributed by atoms with van der Waals surface area (Å²) in [5.74, 6) is 0.236. The van der Waals surface area contributed by atoms with E-state index in [1.807, 2.05) is 6.92 Å². The zero-order chi connectivity index (χ0) is 16.7. The van der Waals surface area contributed by atoms with E-state index in [1.54, 1.807) is 13.0 Å². The average molecular weight is 323 g/mol. The Kier molecular flexibility index (Phi) is 6.66. The topological polar surface area (TPSA) is 119 Å². The number of carbonyl (C=O) groups is 2. The Bertz CT molecular complexity index is 620. The van der Waals surface area contributed by atoms with Crippen LogP contribution in [0.3, 0.4) is 0 Å². The smallest absolute Gasteiger partial charge is 0.316 e. The standard InChI is InChI=1S/C14H17N3O4S/c1-8(16)11(4-15)13(18)5-20-14(19)7-22-6-12-9(2)17-21-10(12)3/h5-7,16H2,1-3H3/b11-8-. The van der Waals surface area contributed by atoms with E-state index in [2.05, 4.69) is 5.16 Å². The summed E-state index contributed by atoms with van der Waals surface area (Å²) in [6.45, 7) is 4.59. The highest BCUT2D eigenvalue weighted by molar-refractivity contribution is 7.99. The molecule has 0 aliphatic carbocycles. The molecule has 22 heavy (non-hydrogen) atoms. The van der Waals surface area contributed by atoms with Gasteiger partial charge in [-0.05, 0) is 20.8 Å². The number of allylic oxidation sites excluding steroid dienone is 1. The van der Waals surface area contributed by atoms with Crippen molar-refractivity contribution in [1.82, 2.24) is 5.16 Å². The van der Waals surface area contributed by atoms with E-state index in [1.165, 1.54) is 18.7 Å². The molecule has 0 amide bonds. The molecule has 0 radical (unpaired) electrons. The first-order valence-corrected chi connectivity index (χ1v) is 7.57. The maximum atomic E-state index is 11.6. The summed E-state index contributed by atoms with van der Waals surface area (Å²) in [7, 11) is 0. The molecule has 0 aliphatic rings. The molecule has 0 fully saturated rings. The molecule has 0 aliphatic heterocycles. The van der Waals surface area contributed by atoms with Crippen LogP contribution in [0.4, 0.5) is 0 Å². The van der Waals surface area contributed by atoms with Crippen molar-refractivity contribution in [2.75, 3.05) is 12.4 Å². The largest absolute Gasteiger partial charge is 0.457 e. The summed E-state index contributed by atoms with van der Waals surface area (Å²) in [5.41, 5.74) is 7.05. The molecule has 1 aromatic heterocycles. The first-order chi connectivity index (χ1) is 10.4. The van der Waals surface area contributed by atoms with Crippen molar-refractivity contribution in [2.24, 2.45) is 5.73 Å². The zero-order valence-electron chi connectivity index (χ0n) is 12.6. The number of aryl methyl sites for hydroxylation is 2. The lowest BCUT2D eigenvalue weighted by Gasteiger charge is -2.04. The fourth-order valence-corrected chi connectivity index (χ4v) is 2.54. The highest BCUT2D eigenvalue weighted by Gasteiger charge is 2.15. The van der Waals surface area contributed by atoms with Gasteiger partial charge in [-0.3, -0.25) is 9.59 Å². The van der Waals surface area contributed by atoms with Gasteiger partial charge in [-0.1, -0.05) is 5.16 Å². The highest BCUT2D eigenvalue weighted by atomic mass is 32.2. The molecule has 0 unspecified atom stereocenters. The van der Waals surface area contributed by atoms with Crippen molar-refractivity contribution in [3.8, 4) is 6.07 Å². The lowest BCUT2D eigenvalue weighted by atomic mass is 10.1. The predicted molar refractivity (Wildman–Crippen MR) is 80.6 cm³/mol. The second-order valence-electron chi connectivity index (χ2n) is 4.55. The number of hydrogen-bond donors (Lipinski definition) is 1. The van der Waals surface area contributed by atoms with Gasteiger partial charge in [0.25, 0.3) is 0 Å². The monoisotopic (exact) mass is 323 g/mol. The van der Waals surface area contributed by atoms with E-state index >= 15 is 0 Å².